The molecule has 18 heavy (non-hydrogen) atoms. The maximum absolute atomic E-state index is 8.12. The van der Waals surface area contributed by atoms with Gasteiger partial charge in [-0.05, 0) is 30.0 Å². The standard InChI is InChI=1S/C11H15N3O.CO2/c1-2-10-6-3-4-7-11(10)15-9-5-8-13-14-12;2-1-3/h3-4,6-7H,2,5,8-9H2,1H3;. The van der Waals surface area contributed by atoms with E-state index in [1.807, 2.05) is 18.2 Å². The van der Waals surface area contributed by atoms with Gasteiger partial charge >= 0.3 is 6.15 Å². The quantitative estimate of drug-likeness (QED) is 0.336. The van der Waals surface area contributed by atoms with Gasteiger partial charge in [0.15, 0.2) is 0 Å². The van der Waals surface area contributed by atoms with Gasteiger partial charge in [-0.1, -0.05) is 30.2 Å². The van der Waals surface area contributed by atoms with Crippen molar-refractivity contribution < 1.29 is 14.3 Å². The summed E-state index contributed by atoms with van der Waals surface area (Å²) in [5, 5.41) is 3.45. The molecule has 0 atom stereocenters. The molecule has 0 aromatic heterocycles. The van der Waals surface area contributed by atoms with Crippen molar-refractivity contribution in [1.82, 2.24) is 0 Å². The van der Waals surface area contributed by atoms with Gasteiger partial charge in [0.25, 0.3) is 0 Å². The second-order valence-electron chi connectivity index (χ2n) is 3.20. The third-order valence-corrected chi connectivity index (χ3v) is 2.08. The summed E-state index contributed by atoms with van der Waals surface area (Å²) in [5.41, 5.74) is 9.29. The molecule has 0 fully saturated rings. The topological polar surface area (TPSA) is 92.1 Å². The average molecular weight is 249 g/mol. The summed E-state index contributed by atoms with van der Waals surface area (Å²) in [6.45, 7) is 3.18. The van der Waals surface area contributed by atoms with Gasteiger partial charge in [0.05, 0.1) is 6.61 Å². The number of aryl methyl sites for hydroxylation is 1. The monoisotopic (exact) mass is 249 g/mol. The second-order valence-corrected chi connectivity index (χ2v) is 3.20. The van der Waals surface area contributed by atoms with Crippen molar-refractivity contribution in [2.45, 2.75) is 19.8 Å². The Morgan fingerprint density at radius 1 is 1.39 bits per heavy atom. The summed E-state index contributed by atoms with van der Waals surface area (Å²) in [6, 6.07) is 7.99. The van der Waals surface area contributed by atoms with E-state index < -0.39 is 0 Å². The van der Waals surface area contributed by atoms with Gasteiger partial charge in [-0.25, -0.2) is 0 Å². The Labute approximate surface area is 105 Å². The van der Waals surface area contributed by atoms with E-state index in [2.05, 4.69) is 23.0 Å². The van der Waals surface area contributed by atoms with Crippen molar-refractivity contribution in [3.05, 3.63) is 40.3 Å². The highest BCUT2D eigenvalue weighted by Crippen LogP contribution is 2.18. The molecule has 0 aliphatic heterocycles. The number of benzene rings is 1. The van der Waals surface area contributed by atoms with Gasteiger partial charge in [0, 0.05) is 11.5 Å². The molecule has 0 unspecified atom stereocenters. The van der Waals surface area contributed by atoms with Crippen LogP contribution in [0.2, 0.25) is 0 Å². The molecular formula is C12H15N3O3. The highest BCUT2D eigenvalue weighted by Gasteiger charge is 1.99. The van der Waals surface area contributed by atoms with E-state index in [0.717, 1.165) is 18.6 Å². The molecule has 0 aliphatic carbocycles. The first-order valence-electron chi connectivity index (χ1n) is 5.51. The maximum Gasteiger partial charge on any atom is 0.373 e. The Balaban J connectivity index is 0.000000873. The lowest BCUT2D eigenvalue weighted by Gasteiger charge is -2.08. The third kappa shape index (κ3) is 7.06. The highest BCUT2D eigenvalue weighted by atomic mass is 16.5. The summed E-state index contributed by atoms with van der Waals surface area (Å²) in [6.07, 6.45) is 1.97. The molecular weight excluding hydrogens is 234 g/mol. The molecule has 0 N–H and O–H groups in total. The van der Waals surface area contributed by atoms with Crippen molar-refractivity contribution in [3.8, 4) is 5.75 Å². The van der Waals surface area contributed by atoms with Crippen molar-refractivity contribution in [1.29, 1.82) is 0 Å². The van der Waals surface area contributed by atoms with Crippen LogP contribution in [-0.2, 0) is 16.0 Å². The minimum Gasteiger partial charge on any atom is -0.493 e. The Bertz CT molecular complexity index is 422. The number of rotatable bonds is 6. The van der Waals surface area contributed by atoms with Crippen LogP contribution in [0.25, 0.3) is 10.4 Å². The normalized spacial score (nSPS) is 8.28. The predicted octanol–water partition coefficient (Wildman–Crippen LogP) is 2.74. The van der Waals surface area contributed by atoms with Crippen molar-refractivity contribution in [2.24, 2.45) is 5.11 Å². The molecule has 0 radical (unpaired) electrons. The second kappa shape index (κ2) is 11.2. The average Bonchev–Trinajstić information content (AvgIpc) is 2.40. The van der Waals surface area contributed by atoms with Crippen molar-refractivity contribution in [2.75, 3.05) is 13.2 Å². The lowest BCUT2D eigenvalue weighted by atomic mass is 10.1. The van der Waals surface area contributed by atoms with Crippen LogP contribution in [0.3, 0.4) is 0 Å². The van der Waals surface area contributed by atoms with Crippen LogP contribution >= 0.6 is 0 Å². The maximum atomic E-state index is 8.12. The fourth-order valence-corrected chi connectivity index (χ4v) is 1.30. The van der Waals surface area contributed by atoms with Crippen LogP contribution in [0.4, 0.5) is 0 Å². The number of nitrogens with zero attached hydrogens (tertiary/aromatic N) is 3. The van der Waals surface area contributed by atoms with Crippen LogP contribution in [0.5, 0.6) is 5.75 Å². The zero-order valence-electron chi connectivity index (χ0n) is 10.2. The number of para-hydroxylation sites is 1. The van der Waals surface area contributed by atoms with Crippen LogP contribution in [0, 0.1) is 0 Å². The fourth-order valence-electron chi connectivity index (χ4n) is 1.30. The summed E-state index contributed by atoms with van der Waals surface area (Å²) in [7, 11) is 0. The molecule has 6 nitrogen and oxygen atoms in total. The van der Waals surface area contributed by atoms with E-state index in [1.165, 1.54) is 5.56 Å². The first-order chi connectivity index (χ1) is 8.79. The zero-order chi connectivity index (χ0) is 13.6. The smallest absolute Gasteiger partial charge is 0.373 e. The Kier molecular flexibility index (Phi) is 9.78. The molecule has 0 saturated heterocycles. The largest absolute Gasteiger partial charge is 0.493 e. The number of ether oxygens (including phenoxy) is 1. The van der Waals surface area contributed by atoms with E-state index in [4.69, 9.17) is 19.9 Å². The van der Waals surface area contributed by atoms with E-state index >= 15 is 0 Å². The number of azide groups is 1. The van der Waals surface area contributed by atoms with Gasteiger partial charge in [0.1, 0.15) is 5.75 Å². The first kappa shape index (κ1) is 15.7. The molecule has 1 rings (SSSR count). The summed E-state index contributed by atoms with van der Waals surface area (Å²) in [4.78, 5) is 18.9. The Morgan fingerprint density at radius 2 is 2.06 bits per heavy atom. The van der Waals surface area contributed by atoms with Crippen molar-refractivity contribution in [3.63, 3.8) is 0 Å². The molecule has 96 valence electrons. The SMILES string of the molecule is CCc1ccccc1OCCCN=[N+]=[N-].O=C=O. The molecule has 1 aromatic carbocycles. The van der Waals surface area contributed by atoms with E-state index in [9.17, 15) is 0 Å². The summed E-state index contributed by atoms with van der Waals surface area (Å²) >= 11 is 0. The number of hydrogen-bond donors (Lipinski definition) is 0. The lowest BCUT2D eigenvalue weighted by Crippen LogP contribution is -2.00. The molecule has 1 aromatic rings. The van der Waals surface area contributed by atoms with E-state index in [-0.39, 0.29) is 6.15 Å². The molecule has 0 heterocycles. The van der Waals surface area contributed by atoms with E-state index in [1.54, 1.807) is 0 Å². The summed E-state index contributed by atoms with van der Waals surface area (Å²) < 4.78 is 5.59. The molecule has 0 spiro atoms. The van der Waals surface area contributed by atoms with Crippen LogP contribution in [0.15, 0.2) is 29.4 Å². The Hall–Kier alpha value is -2.29. The first-order valence-corrected chi connectivity index (χ1v) is 5.51. The number of carbonyl (C=O) groups excluding carboxylic acids is 2. The molecule has 0 bridgehead atoms. The summed E-state index contributed by atoms with van der Waals surface area (Å²) in [5.74, 6) is 0.931. The predicted molar refractivity (Wildman–Crippen MR) is 65.0 cm³/mol. The van der Waals surface area contributed by atoms with Gasteiger partial charge in [-0.2, -0.15) is 9.59 Å². The van der Waals surface area contributed by atoms with Crippen LogP contribution in [0.1, 0.15) is 18.9 Å². The third-order valence-electron chi connectivity index (χ3n) is 2.08. The minimum absolute atomic E-state index is 0.250. The zero-order valence-corrected chi connectivity index (χ0v) is 10.2. The van der Waals surface area contributed by atoms with E-state index in [0.29, 0.717) is 13.2 Å². The lowest BCUT2D eigenvalue weighted by molar-refractivity contribution is -0.191. The van der Waals surface area contributed by atoms with Gasteiger partial charge in [0.2, 0.25) is 0 Å². The van der Waals surface area contributed by atoms with Crippen LogP contribution < -0.4 is 4.74 Å². The fraction of sp³-hybridized carbons (Fsp3) is 0.417. The Morgan fingerprint density at radius 3 is 2.67 bits per heavy atom. The molecule has 0 amide bonds. The van der Waals surface area contributed by atoms with Gasteiger partial charge in [-0.15, -0.1) is 0 Å². The van der Waals surface area contributed by atoms with Gasteiger partial charge in [-0.3, -0.25) is 0 Å². The van der Waals surface area contributed by atoms with Gasteiger partial charge < -0.3 is 4.74 Å². The molecule has 0 aliphatic rings. The minimum atomic E-state index is 0.250. The number of hydrogen-bond acceptors (Lipinski definition) is 4. The molecule has 0 saturated carbocycles. The van der Waals surface area contributed by atoms with Crippen molar-refractivity contribution >= 4 is 6.15 Å². The molecule has 6 heteroatoms. The van der Waals surface area contributed by atoms with Crippen LogP contribution in [-0.4, -0.2) is 19.3 Å². The highest BCUT2D eigenvalue weighted by molar-refractivity contribution is 5.33.